The molecular weight excluding hydrogens is 433 g/mol. The molecule has 2 N–H and O–H groups in total. The molecule has 0 spiro atoms. The summed E-state index contributed by atoms with van der Waals surface area (Å²) in [5.41, 5.74) is 1.18. The molecule has 3 rings (SSSR count). The molecule has 1 heterocycles. The maximum Gasteiger partial charge on any atom is 0.266 e. The molecule has 1 unspecified atom stereocenters. The Kier molecular flexibility index (Phi) is 6.07. The number of fused-ring (bicyclic) bond motifs is 1. The predicted molar refractivity (Wildman–Crippen MR) is 110 cm³/mol. The Morgan fingerprint density at radius 3 is 2.54 bits per heavy atom. The van der Waals surface area contributed by atoms with E-state index in [0.29, 0.717) is 11.6 Å². The first-order chi connectivity index (χ1) is 13.3. The standard InChI is InChI=1S/C20H20BrF3N4/c1-4-25-17-9-16-14(8-15(17)21)20(28-11(3)27-16)26-10(2)12-6-5-7-13(18(12)22)19(23)24/h5-10,19,25H,4H2,1-3H3,(H,26,27,28). The minimum absolute atomic E-state index is 0.158. The molecule has 0 aliphatic rings. The first-order valence-electron chi connectivity index (χ1n) is 8.86. The quantitative estimate of drug-likeness (QED) is 0.455. The Morgan fingerprint density at radius 2 is 1.86 bits per heavy atom. The average Bonchev–Trinajstić information content (AvgIpc) is 2.63. The monoisotopic (exact) mass is 452 g/mol. The zero-order chi connectivity index (χ0) is 20.4. The molecule has 0 fully saturated rings. The topological polar surface area (TPSA) is 49.8 Å². The van der Waals surface area contributed by atoms with Gasteiger partial charge in [0.1, 0.15) is 17.5 Å². The number of nitrogens with zero attached hydrogens (tertiary/aromatic N) is 2. The van der Waals surface area contributed by atoms with Crippen LogP contribution in [0.1, 0.15) is 43.3 Å². The number of halogens is 4. The maximum atomic E-state index is 14.5. The summed E-state index contributed by atoms with van der Waals surface area (Å²) in [6.45, 7) is 6.23. The number of alkyl halides is 2. The zero-order valence-electron chi connectivity index (χ0n) is 15.7. The van der Waals surface area contributed by atoms with Crippen molar-refractivity contribution in [2.75, 3.05) is 17.2 Å². The summed E-state index contributed by atoms with van der Waals surface area (Å²) >= 11 is 3.53. The Bertz CT molecular complexity index is 1010. The molecule has 1 atom stereocenters. The SMILES string of the molecule is CCNc1cc2nc(C)nc(NC(C)c3cccc(C(F)F)c3F)c2cc1Br. The number of aromatic nitrogens is 2. The van der Waals surface area contributed by atoms with Gasteiger partial charge in [0.05, 0.1) is 22.8 Å². The molecule has 148 valence electrons. The highest BCUT2D eigenvalue weighted by Crippen LogP contribution is 2.33. The second kappa shape index (κ2) is 8.34. The van der Waals surface area contributed by atoms with Crippen molar-refractivity contribution in [3.05, 3.63) is 57.6 Å². The van der Waals surface area contributed by atoms with Crippen LogP contribution in [0.2, 0.25) is 0 Å². The molecule has 2 aromatic carbocycles. The Balaban J connectivity index is 2.02. The van der Waals surface area contributed by atoms with Crippen molar-refractivity contribution in [3.8, 4) is 0 Å². The van der Waals surface area contributed by atoms with Crippen molar-refractivity contribution in [1.29, 1.82) is 0 Å². The maximum absolute atomic E-state index is 14.5. The molecular formula is C20H20BrF3N4. The second-order valence-corrected chi connectivity index (χ2v) is 7.27. The summed E-state index contributed by atoms with van der Waals surface area (Å²) < 4.78 is 41.4. The van der Waals surface area contributed by atoms with Crippen LogP contribution in [0.3, 0.4) is 0 Å². The lowest BCUT2D eigenvalue weighted by Gasteiger charge is -2.19. The largest absolute Gasteiger partial charge is 0.384 e. The van der Waals surface area contributed by atoms with E-state index in [4.69, 9.17) is 0 Å². The lowest BCUT2D eigenvalue weighted by atomic mass is 10.0. The second-order valence-electron chi connectivity index (χ2n) is 6.42. The van der Waals surface area contributed by atoms with Crippen molar-refractivity contribution < 1.29 is 13.2 Å². The van der Waals surface area contributed by atoms with E-state index < -0.39 is 23.8 Å². The van der Waals surface area contributed by atoms with E-state index in [0.717, 1.165) is 33.7 Å². The number of rotatable bonds is 6. The average molecular weight is 453 g/mol. The lowest BCUT2D eigenvalue weighted by molar-refractivity contribution is 0.146. The van der Waals surface area contributed by atoms with Crippen molar-refractivity contribution in [3.63, 3.8) is 0 Å². The fourth-order valence-corrected chi connectivity index (χ4v) is 3.54. The van der Waals surface area contributed by atoms with E-state index in [2.05, 4.69) is 36.5 Å². The molecule has 0 aliphatic heterocycles. The van der Waals surface area contributed by atoms with E-state index in [9.17, 15) is 13.2 Å². The Hall–Kier alpha value is -2.35. The molecule has 0 radical (unpaired) electrons. The number of anilines is 2. The van der Waals surface area contributed by atoms with E-state index in [1.165, 1.54) is 12.1 Å². The van der Waals surface area contributed by atoms with Gasteiger partial charge in [0.2, 0.25) is 0 Å². The van der Waals surface area contributed by atoms with E-state index in [1.807, 2.05) is 19.1 Å². The molecule has 0 bridgehead atoms. The fraction of sp³-hybridized carbons (Fsp3) is 0.300. The van der Waals surface area contributed by atoms with Crippen LogP contribution in [0.5, 0.6) is 0 Å². The first kappa shape index (κ1) is 20.4. The number of benzene rings is 2. The highest BCUT2D eigenvalue weighted by Gasteiger charge is 2.20. The van der Waals surface area contributed by atoms with Crippen LogP contribution >= 0.6 is 15.9 Å². The zero-order valence-corrected chi connectivity index (χ0v) is 17.2. The lowest BCUT2D eigenvalue weighted by Crippen LogP contribution is -2.12. The number of aryl methyl sites for hydroxylation is 1. The van der Waals surface area contributed by atoms with Gasteiger partial charge in [-0.1, -0.05) is 18.2 Å². The molecule has 0 saturated carbocycles. The van der Waals surface area contributed by atoms with Gasteiger partial charge in [0, 0.05) is 22.0 Å². The first-order valence-corrected chi connectivity index (χ1v) is 9.65. The van der Waals surface area contributed by atoms with Crippen LogP contribution in [0.4, 0.5) is 24.7 Å². The highest BCUT2D eigenvalue weighted by molar-refractivity contribution is 9.10. The molecule has 3 aromatic rings. The minimum atomic E-state index is -2.87. The van der Waals surface area contributed by atoms with E-state index in [-0.39, 0.29) is 5.56 Å². The Labute approximate surface area is 169 Å². The van der Waals surface area contributed by atoms with Gasteiger partial charge in [-0.15, -0.1) is 0 Å². The van der Waals surface area contributed by atoms with Gasteiger partial charge < -0.3 is 10.6 Å². The van der Waals surface area contributed by atoms with Gasteiger partial charge in [-0.2, -0.15) is 0 Å². The van der Waals surface area contributed by atoms with Crippen LogP contribution < -0.4 is 10.6 Å². The van der Waals surface area contributed by atoms with E-state index in [1.54, 1.807) is 13.8 Å². The van der Waals surface area contributed by atoms with Crippen LogP contribution in [0.15, 0.2) is 34.8 Å². The summed E-state index contributed by atoms with van der Waals surface area (Å²) in [6, 6.07) is 7.25. The third kappa shape index (κ3) is 4.06. The molecule has 1 aromatic heterocycles. The van der Waals surface area contributed by atoms with Gasteiger partial charge in [-0.25, -0.2) is 23.1 Å². The van der Waals surface area contributed by atoms with Crippen molar-refractivity contribution in [2.45, 2.75) is 33.2 Å². The van der Waals surface area contributed by atoms with Crippen LogP contribution in [-0.4, -0.2) is 16.5 Å². The summed E-state index contributed by atoms with van der Waals surface area (Å²) in [6.07, 6.45) is -2.87. The van der Waals surface area contributed by atoms with Crippen LogP contribution in [-0.2, 0) is 0 Å². The van der Waals surface area contributed by atoms with Gasteiger partial charge in [0.15, 0.2) is 0 Å². The molecule has 8 heteroatoms. The molecule has 0 saturated heterocycles. The third-order valence-corrected chi connectivity index (χ3v) is 5.03. The third-order valence-electron chi connectivity index (χ3n) is 4.38. The van der Waals surface area contributed by atoms with Crippen LogP contribution in [0, 0.1) is 12.7 Å². The van der Waals surface area contributed by atoms with Gasteiger partial charge >= 0.3 is 0 Å². The molecule has 28 heavy (non-hydrogen) atoms. The summed E-state index contributed by atoms with van der Waals surface area (Å²) in [5, 5.41) is 7.15. The smallest absolute Gasteiger partial charge is 0.266 e. The highest BCUT2D eigenvalue weighted by atomic mass is 79.9. The summed E-state index contributed by atoms with van der Waals surface area (Å²) in [5.74, 6) is 0.164. The van der Waals surface area contributed by atoms with Gasteiger partial charge in [-0.05, 0) is 48.8 Å². The normalized spacial score (nSPS) is 12.4. The number of hydrogen-bond acceptors (Lipinski definition) is 4. The number of hydrogen-bond donors (Lipinski definition) is 2. The van der Waals surface area contributed by atoms with E-state index >= 15 is 0 Å². The van der Waals surface area contributed by atoms with Gasteiger partial charge in [-0.3, -0.25) is 0 Å². The summed E-state index contributed by atoms with van der Waals surface area (Å²) in [7, 11) is 0. The predicted octanol–water partition coefficient (Wildman–Crippen LogP) is 6.38. The van der Waals surface area contributed by atoms with Crippen molar-refractivity contribution in [1.82, 2.24) is 9.97 Å². The fourth-order valence-electron chi connectivity index (χ4n) is 3.06. The molecule has 4 nitrogen and oxygen atoms in total. The van der Waals surface area contributed by atoms with Crippen molar-refractivity contribution >= 4 is 38.3 Å². The molecule has 0 aliphatic carbocycles. The summed E-state index contributed by atoms with van der Waals surface area (Å²) in [4.78, 5) is 8.91. The minimum Gasteiger partial charge on any atom is -0.384 e. The Morgan fingerprint density at radius 1 is 1.14 bits per heavy atom. The van der Waals surface area contributed by atoms with Crippen LogP contribution in [0.25, 0.3) is 10.9 Å². The van der Waals surface area contributed by atoms with Gasteiger partial charge in [0.25, 0.3) is 6.43 Å². The van der Waals surface area contributed by atoms with Crippen molar-refractivity contribution in [2.24, 2.45) is 0 Å². The number of nitrogens with one attached hydrogen (secondary N) is 2. The molecule has 0 amide bonds.